The molecular formula is C14H26N4. The van der Waals surface area contributed by atoms with Crippen molar-refractivity contribution in [1.29, 1.82) is 0 Å². The zero-order valence-corrected chi connectivity index (χ0v) is 12.5. The molecule has 1 aromatic heterocycles. The van der Waals surface area contributed by atoms with Crippen LogP contribution in [-0.4, -0.2) is 29.3 Å². The molecule has 1 N–H and O–H groups in total. The maximum atomic E-state index is 4.27. The Hall–Kier alpha value is -1.16. The van der Waals surface area contributed by atoms with Crippen LogP contribution in [-0.2, 0) is 6.54 Å². The van der Waals surface area contributed by atoms with Gasteiger partial charge in [-0.1, -0.05) is 13.8 Å². The third kappa shape index (κ3) is 5.45. The Kier molecular flexibility index (Phi) is 5.08. The molecule has 4 nitrogen and oxygen atoms in total. The van der Waals surface area contributed by atoms with Crippen molar-refractivity contribution in [3.8, 4) is 0 Å². The summed E-state index contributed by atoms with van der Waals surface area (Å²) in [6.45, 7) is 12.6. The monoisotopic (exact) mass is 250 g/mol. The topological polar surface area (TPSA) is 41.0 Å². The summed E-state index contributed by atoms with van der Waals surface area (Å²) in [6.07, 6.45) is 0. The fraction of sp³-hybridized carbons (Fsp3) is 0.714. The van der Waals surface area contributed by atoms with E-state index in [9.17, 15) is 0 Å². The SMILES string of the molecule is CC(C)CN(C)c1ccc(CNC(C)(C)C)nn1. The standard InChI is InChI=1S/C14H26N4/c1-11(2)10-18(6)13-8-7-12(16-17-13)9-15-14(3,4)5/h7-8,11,15H,9-10H2,1-6H3. The van der Waals surface area contributed by atoms with E-state index in [0.29, 0.717) is 5.92 Å². The van der Waals surface area contributed by atoms with Gasteiger partial charge < -0.3 is 10.2 Å². The maximum absolute atomic E-state index is 4.27. The van der Waals surface area contributed by atoms with Crippen LogP contribution in [0.1, 0.15) is 40.3 Å². The van der Waals surface area contributed by atoms with Crippen LogP contribution in [0.3, 0.4) is 0 Å². The van der Waals surface area contributed by atoms with Crippen LogP contribution in [0.5, 0.6) is 0 Å². The molecule has 0 saturated carbocycles. The molecule has 4 heteroatoms. The van der Waals surface area contributed by atoms with E-state index >= 15 is 0 Å². The normalized spacial score (nSPS) is 11.9. The first-order valence-corrected chi connectivity index (χ1v) is 6.57. The Morgan fingerprint density at radius 1 is 1.22 bits per heavy atom. The Morgan fingerprint density at radius 2 is 1.89 bits per heavy atom. The Labute approximate surface area is 111 Å². The van der Waals surface area contributed by atoms with Crippen molar-refractivity contribution < 1.29 is 0 Å². The zero-order chi connectivity index (χ0) is 13.8. The highest BCUT2D eigenvalue weighted by Gasteiger charge is 2.10. The quantitative estimate of drug-likeness (QED) is 0.871. The lowest BCUT2D eigenvalue weighted by atomic mass is 10.1. The molecule has 18 heavy (non-hydrogen) atoms. The van der Waals surface area contributed by atoms with Gasteiger partial charge in [0.25, 0.3) is 0 Å². The number of nitrogens with one attached hydrogen (secondary N) is 1. The molecule has 0 unspecified atom stereocenters. The summed E-state index contributed by atoms with van der Waals surface area (Å²) < 4.78 is 0. The summed E-state index contributed by atoms with van der Waals surface area (Å²) in [4.78, 5) is 2.14. The summed E-state index contributed by atoms with van der Waals surface area (Å²) in [5, 5.41) is 11.9. The second-order valence-corrected chi connectivity index (χ2v) is 6.26. The van der Waals surface area contributed by atoms with Gasteiger partial charge >= 0.3 is 0 Å². The fourth-order valence-corrected chi connectivity index (χ4v) is 1.65. The van der Waals surface area contributed by atoms with E-state index in [2.05, 4.69) is 62.1 Å². The van der Waals surface area contributed by atoms with E-state index in [1.807, 2.05) is 12.1 Å². The minimum Gasteiger partial charge on any atom is -0.358 e. The van der Waals surface area contributed by atoms with Crippen LogP contribution in [0.2, 0.25) is 0 Å². The van der Waals surface area contributed by atoms with Gasteiger partial charge in [-0.05, 0) is 38.8 Å². The molecule has 1 rings (SSSR count). The summed E-state index contributed by atoms with van der Waals surface area (Å²) in [5.41, 5.74) is 1.08. The van der Waals surface area contributed by atoms with Gasteiger partial charge in [-0.25, -0.2) is 0 Å². The summed E-state index contributed by atoms with van der Waals surface area (Å²) in [7, 11) is 2.05. The van der Waals surface area contributed by atoms with E-state index in [4.69, 9.17) is 0 Å². The van der Waals surface area contributed by atoms with Crippen LogP contribution >= 0.6 is 0 Å². The van der Waals surface area contributed by atoms with Gasteiger partial charge in [0.05, 0.1) is 5.69 Å². The minimum atomic E-state index is 0.106. The predicted octanol–water partition coefficient (Wildman–Crippen LogP) is 2.46. The molecule has 0 radical (unpaired) electrons. The number of rotatable bonds is 5. The van der Waals surface area contributed by atoms with E-state index in [-0.39, 0.29) is 5.54 Å². The lowest BCUT2D eigenvalue weighted by Crippen LogP contribution is -2.35. The van der Waals surface area contributed by atoms with E-state index in [0.717, 1.165) is 24.6 Å². The predicted molar refractivity (Wildman–Crippen MR) is 76.7 cm³/mol. The van der Waals surface area contributed by atoms with Gasteiger partial charge in [0.1, 0.15) is 0 Å². The highest BCUT2D eigenvalue weighted by atomic mass is 15.2. The van der Waals surface area contributed by atoms with Crippen LogP contribution < -0.4 is 10.2 Å². The molecule has 0 amide bonds. The van der Waals surface area contributed by atoms with Crippen molar-refractivity contribution in [1.82, 2.24) is 15.5 Å². The third-order valence-electron chi connectivity index (χ3n) is 2.54. The molecule has 0 bridgehead atoms. The van der Waals surface area contributed by atoms with Crippen LogP contribution in [0.15, 0.2) is 12.1 Å². The number of nitrogens with zero attached hydrogens (tertiary/aromatic N) is 3. The first-order valence-electron chi connectivity index (χ1n) is 6.57. The zero-order valence-electron chi connectivity index (χ0n) is 12.5. The number of hydrogen-bond donors (Lipinski definition) is 1. The molecule has 0 aliphatic carbocycles. The molecule has 0 fully saturated rings. The largest absolute Gasteiger partial charge is 0.358 e. The van der Waals surface area contributed by atoms with Gasteiger partial charge in [0, 0.05) is 25.7 Å². The van der Waals surface area contributed by atoms with Gasteiger partial charge in [0.15, 0.2) is 5.82 Å². The highest BCUT2D eigenvalue weighted by molar-refractivity contribution is 5.36. The first kappa shape index (κ1) is 14.9. The lowest BCUT2D eigenvalue weighted by Gasteiger charge is -2.21. The Bertz CT molecular complexity index is 351. The average molecular weight is 250 g/mol. The van der Waals surface area contributed by atoms with Gasteiger partial charge in [-0.15, -0.1) is 5.10 Å². The second kappa shape index (κ2) is 6.14. The Balaban J connectivity index is 2.57. The van der Waals surface area contributed by atoms with Crippen molar-refractivity contribution in [3.05, 3.63) is 17.8 Å². The number of hydrogen-bond acceptors (Lipinski definition) is 4. The number of anilines is 1. The molecule has 0 atom stereocenters. The first-order chi connectivity index (χ1) is 8.28. The molecular weight excluding hydrogens is 224 g/mol. The van der Waals surface area contributed by atoms with Crippen LogP contribution in [0, 0.1) is 5.92 Å². The molecule has 0 aliphatic rings. The van der Waals surface area contributed by atoms with E-state index in [1.54, 1.807) is 0 Å². The minimum absolute atomic E-state index is 0.106. The molecule has 0 saturated heterocycles. The molecule has 102 valence electrons. The second-order valence-electron chi connectivity index (χ2n) is 6.26. The van der Waals surface area contributed by atoms with Crippen molar-refractivity contribution in [2.75, 3.05) is 18.5 Å². The average Bonchev–Trinajstić information content (AvgIpc) is 2.25. The third-order valence-corrected chi connectivity index (χ3v) is 2.54. The van der Waals surface area contributed by atoms with Crippen molar-refractivity contribution in [2.24, 2.45) is 5.92 Å². The summed E-state index contributed by atoms with van der Waals surface area (Å²) >= 11 is 0. The summed E-state index contributed by atoms with van der Waals surface area (Å²) in [5.74, 6) is 1.56. The molecule has 0 spiro atoms. The van der Waals surface area contributed by atoms with E-state index < -0.39 is 0 Å². The molecule has 0 aliphatic heterocycles. The Morgan fingerprint density at radius 3 is 2.33 bits per heavy atom. The molecule has 1 heterocycles. The van der Waals surface area contributed by atoms with Gasteiger partial charge in [0.2, 0.25) is 0 Å². The molecule has 0 aromatic carbocycles. The van der Waals surface area contributed by atoms with Crippen molar-refractivity contribution in [2.45, 2.75) is 46.7 Å². The number of aromatic nitrogens is 2. The fourth-order valence-electron chi connectivity index (χ4n) is 1.65. The van der Waals surface area contributed by atoms with Crippen molar-refractivity contribution >= 4 is 5.82 Å². The van der Waals surface area contributed by atoms with Gasteiger partial charge in [-0.2, -0.15) is 5.10 Å². The molecule has 1 aromatic rings. The lowest BCUT2D eigenvalue weighted by molar-refractivity contribution is 0.420. The van der Waals surface area contributed by atoms with Crippen LogP contribution in [0.25, 0.3) is 0 Å². The highest BCUT2D eigenvalue weighted by Crippen LogP contribution is 2.10. The summed E-state index contributed by atoms with van der Waals surface area (Å²) in [6, 6.07) is 4.08. The van der Waals surface area contributed by atoms with Crippen LogP contribution in [0.4, 0.5) is 5.82 Å². The smallest absolute Gasteiger partial charge is 0.150 e. The maximum Gasteiger partial charge on any atom is 0.150 e. The van der Waals surface area contributed by atoms with Gasteiger partial charge in [-0.3, -0.25) is 0 Å². The van der Waals surface area contributed by atoms with E-state index in [1.165, 1.54) is 0 Å². The van der Waals surface area contributed by atoms with Crippen molar-refractivity contribution in [3.63, 3.8) is 0 Å².